The Morgan fingerprint density at radius 2 is 1.87 bits per heavy atom. The molecule has 0 aromatic carbocycles. The predicted molar refractivity (Wildman–Crippen MR) is 98.2 cm³/mol. The first-order valence-electron chi connectivity index (χ1n) is 8.59. The van der Waals surface area contributed by atoms with E-state index in [0.717, 1.165) is 11.7 Å². The minimum Gasteiger partial charge on any atom is -0.455 e. The molecule has 0 amide bonds. The smallest absolute Gasteiger partial charge is 0.333 e. The van der Waals surface area contributed by atoms with Crippen molar-refractivity contribution in [2.75, 3.05) is 13.7 Å². The molecule has 0 aromatic rings. The van der Waals surface area contributed by atoms with Gasteiger partial charge in [-0.2, -0.15) is 0 Å². The summed E-state index contributed by atoms with van der Waals surface area (Å²) in [5.74, 6) is -0.266. The fraction of sp³-hybridized carbons (Fsp3) is 0.833. The van der Waals surface area contributed by atoms with E-state index < -0.39 is 8.07 Å². The van der Waals surface area contributed by atoms with Crippen LogP contribution in [-0.4, -0.2) is 50.8 Å². The maximum Gasteiger partial charge on any atom is 0.333 e. The van der Waals surface area contributed by atoms with E-state index in [1.54, 1.807) is 6.08 Å². The summed E-state index contributed by atoms with van der Waals surface area (Å²) in [4.78, 5) is 14.2. The number of likely N-dealkylation sites (N-methyl/N-ethyl adjacent to an activating group) is 1. The zero-order valence-corrected chi connectivity index (χ0v) is 17.4. The summed E-state index contributed by atoms with van der Waals surface area (Å²) in [5.41, 5.74) is 0.767. The molecule has 1 rings (SSSR count). The molecular weight excluding hydrogens is 306 g/mol. The monoisotopic (exact) mass is 341 g/mol. The summed E-state index contributed by atoms with van der Waals surface area (Å²) in [6.45, 7) is 18.3. The molecule has 0 fully saturated rings. The fourth-order valence-corrected chi connectivity index (χ4v) is 3.21. The molecule has 0 spiro atoms. The third kappa shape index (κ3) is 5.96. The second kappa shape index (κ2) is 7.39. The topological polar surface area (TPSA) is 38.8 Å². The number of rotatable bonds is 6. The highest BCUT2D eigenvalue weighted by molar-refractivity contribution is 6.76. The molecule has 0 aliphatic carbocycles. The highest BCUT2D eigenvalue weighted by Gasteiger charge is 2.42. The molecule has 0 saturated heterocycles. The number of esters is 1. The zero-order chi connectivity index (χ0) is 18.0. The van der Waals surface area contributed by atoms with Crippen molar-refractivity contribution in [1.29, 1.82) is 0 Å². The molecule has 1 aliphatic rings. The van der Waals surface area contributed by atoms with Crippen molar-refractivity contribution in [2.24, 2.45) is 5.41 Å². The molecule has 5 heteroatoms. The predicted octanol–water partition coefficient (Wildman–Crippen LogP) is 3.91. The van der Waals surface area contributed by atoms with Gasteiger partial charge in [-0.15, -0.1) is 0 Å². The van der Waals surface area contributed by atoms with Crippen LogP contribution in [0.15, 0.2) is 11.8 Å². The van der Waals surface area contributed by atoms with Gasteiger partial charge in [0.05, 0.1) is 5.70 Å². The van der Waals surface area contributed by atoms with E-state index in [1.807, 2.05) is 7.05 Å². The first-order valence-corrected chi connectivity index (χ1v) is 12.3. The van der Waals surface area contributed by atoms with Crippen LogP contribution < -0.4 is 0 Å². The minimum atomic E-state index is -1.16. The Bertz CT molecular complexity index is 446. The minimum absolute atomic E-state index is 0.170. The molecule has 0 unspecified atom stereocenters. The molecule has 1 heterocycles. The van der Waals surface area contributed by atoms with Gasteiger partial charge in [0.1, 0.15) is 12.2 Å². The summed E-state index contributed by atoms with van der Waals surface area (Å²) < 4.78 is 11.9. The van der Waals surface area contributed by atoms with Gasteiger partial charge < -0.3 is 14.4 Å². The third-order valence-corrected chi connectivity index (χ3v) is 5.96. The van der Waals surface area contributed by atoms with Crippen molar-refractivity contribution >= 4 is 14.0 Å². The molecule has 134 valence electrons. The van der Waals surface area contributed by atoms with Crippen molar-refractivity contribution in [3.05, 3.63) is 11.8 Å². The third-order valence-electron chi connectivity index (χ3n) is 4.26. The molecule has 4 nitrogen and oxygen atoms in total. The Kier molecular flexibility index (Phi) is 6.50. The van der Waals surface area contributed by atoms with Gasteiger partial charge in [0.15, 0.2) is 0 Å². The quantitative estimate of drug-likeness (QED) is 0.542. The molecular formula is C18H35NO3Si. The van der Waals surface area contributed by atoms with E-state index in [-0.39, 0.29) is 23.6 Å². The number of carbonyl (C=O) groups is 1. The van der Waals surface area contributed by atoms with Gasteiger partial charge in [-0.05, 0) is 19.9 Å². The Morgan fingerprint density at radius 1 is 1.30 bits per heavy atom. The maximum atomic E-state index is 12.1. The number of nitrogens with zero attached hydrogens (tertiary/aromatic N) is 1. The first-order chi connectivity index (χ1) is 10.3. The number of cyclic esters (lactones) is 1. The molecule has 0 aromatic heterocycles. The van der Waals surface area contributed by atoms with Crippen LogP contribution in [0.4, 0.5) is 0 Å². The van der Waals surface area contributed by atoms with Crippen LogP contribution in [-0.2, 0) is 14.3 Å². The molecule has 23 heavy (non-hydrogen) atoms. The standard InChI is InChI=1S/C18H35NO3Si/c1-13(2)19(6)14-12-15(20)22-17(18(3,4)5)16(14)21-10-11-23(7,8)9/h12-13,16-17H,10-11H2,1-9H3/t16-,17+/m0/s1. The van der Waals surface area contributed by atoms with Gasteiger partial charge in [0.25, 0.3) is 0 Å². The highest BCUT2D eigenvalue weighted by Crippen LogP contribution is 2.34. The van der Waals surface area contributed by atoms with Crippen LogP contribution in [0.2, 0.25) is 25.7 Å². The molecule has 0 bridgehead atoms. The fourth-order valence-electron chi connectivity index (χ4n) is 2.48. The normalized spacial score (nSPS) is 22.9. The Balaban J connectivity index is 3.05. The van der Waals surface area contributed by atoms with E-state index in [4.69, 9.17) is 9.47 Å². The average Bonchev–Trinajstić information content (AvgIpc) is 2.36. The van der Waals surface area contributed by atoms with Gasteiger partial charge in [-0.3, -0.25) is 0 Å². The average molecular weight is 342 g/mol. The lowest BCUT2D eigenvalue weighted by Crippen LogP contribution is -2.50. The number of ether oxygens (including phenoxy) is 2. The summed E-state index contributed by atoms with van der Waals surface area (Å²) in [6.07, 6.45) is 1.14. The molecule has 0 N–H and O–H groups in total. The number of hydrogen-bond donors (Lipinski definition) is 0. The van der Waals surface area contributed by atoms with Crippen molar-refractivity contribution < 1.29 is 14.3 Å². The molecule has 2 atom stereocenters. The summed E-state index contributed by atoms with van der Waals surface area (Å²) in [6, 6.07) is 1.41. The van der Waals surface area contributed by atoms with Crippen molar-refractivity contribution in [3.8, 4) is 0 Å². The van der Waals surface area contributed by atoms with E-state index in [0.29, 0.717) is 12.6 Å². The van der Waals surface area contributed by atoms with Crippen LogP contribution >= 0.6 is 0 Å². The van der Waals surface area contributed by atoms with Gasteiger partial charge >= 0.3 is 5.97 Å². The number of hydrogen-bond acceptors (Lipinski definition) is 4. The second-order valence-electron chi connectivity index (χ2n) is 9.10. The summed E-state index contributed by atoms with van der Waals surface area (Å²) >= 11 is 0. The lowest BCUT2D eigenvalue weighted by molar-refractivity contribution is -0.165. The van der Waals surface area contributed by atoms with Crippen LogP contribution in [0.3, 0.4) is 0 Å². The summed E-state index contributed by atoms with van der Waals surface area (Å²) in [5, 5.41) is 0. The van der Waals surface area contributed by atoms with Crippen molar-refractivity contribution in [1.82, 2.24) is 4.90 Å². The van der Waals surface area contributed by atoms with E-state index >= 15 is 0 Å². The molecule has 1 aliphatic heterocycles. The molecule has 0 saturated carbocycles. The van der Waals surface area contributed by atoms with Crippen LogP contribution in [0.1, 0.15) is 34.6 Å². The SMILES string of the molecule is CC(C)N(C)C1=CC(=O)O[C@@H](C(C)(C)C)[C@H]1OCC[Si](C)(C)C. The second-order valence-corrected chi connectivity index (χ2v) is 14.7. The summed E-state index contributed by atoms with van der Waals surface area (Å²) in [7, 11) is 0.858. The lowest BCUT2D eigenvalue weighted by Gasteiger charge is -2.43. The van der Waals surface area contributed by atoms with E-state index in [9.17, 15) is 4.79 Å². The van der Waals surface area contributed by atoms with Gasteiger partial charge in [0, 0.05) is 39.3 Å². The molecule has 0 radical (unpaired) electrons. The largest absolute Gasteiger partial charge is 0.455 e. The highest BCUT2D eigenvalue weighted by atomic mass is 28.3. The van der Waals surface area contributed by atoms with Crippen LogP contribution in [0.5, 0.6) is 0 Å². The zero-order valence-electron chi connectivity index (χ0n) is 16.4. The Labute approximate surface area is 143 Å². The Hall–Kier alpha value is -0.813. The van der Waals surface area contributed by atoms with Gasteiger partial charge in [-0.1, -0.05) is 40.4 Å². The van der Waals surface area contributed by atoms with E-state index in [2.05, 4.69) is 59.2 Å². The van der Waals surface area contributed by atoms with E-state index in [1.165, 1.54) is 0 Å². The van der Waals surface area contributed by atoms with Crippen LogP contribution in [0.25, 0.3) is 0 Å². The maximum absolute atomic E-state index is 12.1. The van der Waals surface area contributed by atoms with Crippen molar-refractivity contribution in [2.45, 2.75) is 78.6 Å². The van der Waals surface area contributed by atoms with Gasteiger partial charge in [-0.25, -0.2) is 4.79 Å². The first kappa shape index (κ1) is 20.2. The van der Waals surface area contributed by atoms with Gasteiger partial charge in [0.2, 0.25) is 0 Å². The van der Waals surface area contributed by atoms with Crippen molar-refractivity contribution in [3.63, 3.8) is 0 Å². The Morgan fingerprint density at radius 3 is 2.30 bits per heavy atom. The number of carbonyl (C=O) groups excluding carboxylic acids is 1. The lowest BCUT2D eigenvalue weighted by atomic mass is 9.83. The van der Waals surface area contributed by atoms with Crippen LogP contribution in [0, 0.1) is 5.41 Å².